The van der Waals surface area contributed by atoms with Crippen LogP contribution in [0.3, 0.4) is 0 Å². The van der Waals surface area contributed by atoms with Gasteiger partial charge in [0.1, 0.15) is 11.4 Å². The molecule has 0 spiro atoms. The lowest BCUT2D eigenvalue weighted by molar-refractivity contribution is -0.116. The maximum Gasteiger partial charge on any atom is 0.410 e. The fourth-order valence-electron chi connectivity index (χ4n) is 3.49. The first-order valence-electron chi connectivity index (χ1n) is 10.3. The van der Waals surface area contributed by atoms with Crippen LogP contribution in [0, 0.1) is 5.92 Å². The molecule has 160 valence electrons. The molecule has 1 aromatic rings. The van der Waals surface area contributed by atoms with Gasteiger partial charge in [-0.1, -0.05) is 18.2 Å². The SMILES string of the molecule is COc1ccccc1/C(C)=C/C(=O)NCCC1CCCN(C(=O)OC(C)(C)C)C1. The fraction of sp³-hybridized carbons (Fsp3) is 0.565. The first kappa shape index (κ1) is 22.8. The van der Waals surface area contributed by atoms with Crippen LogP contribution in [0.5, 0.6) is 5.75 Å². The minimum absolute atomic E-state index is 0.117. The summed E-state index contributed by atoms with van der Waals surface area (Å²) in [5.41, 5.74) is 1.28. The maximum atomic E-state index is 12.3. The van der Waals surface area contributed by atoms with Gasteiger partial charge in [0, 0.05) is 31.3 Å². The van der Waals surface area contributed by atoms with Crippen molar-refractivity contribution in [1.29, 1.82) is 0 Å². The molecule has 0 radical (unpaired) electrons. The third kappa shape index (κ3) is 7.44. The lowest BCUT2D eigenvalue weighted by atomic mass is 9.95. The predicted octanol–water partition coefficient (Wildman–Crippen LogP) is 4.25. The Hall–Kier alpha value is -2.50. The number of nitrogens with one attached hydrogen (secondary N) is 1. The summed E-state index contributed by atoms with van der Waals surface area (Å²) in [5, 5.41) is 2.96. The van der Waals surface area contributed by atoms with E-state index in [9.17, 15) is 9.59 Å². The monoisotopic (exact) mass is 402 g/mol. The molecule has 2 amide bonds. The summed E-state index contributed by atoms with van der Waals surface area (Å²) in [6.45, 7) is 9.53. The number of carbonyl (C=O) groups is 2. The van der Waals surface area contributed by atoms with Gasteiger partial charge >= 0.3 is 6.09 Å². The van der Waals surface area contributed by atoms with Crippen LogP contribution in [0.4, 0.5) is 4.79 Å². The molecule has 1 saturated heterocycles. The molecule has 1 unspecified atom stereocenters. The predicted molar refractivity (Wildman–Crippen MR) is 115 cm³/mol. The van der Waals surface area contributed by atoms with Crippen LogP contribution >= 0.6 is 0 Å². The summed E-state index contributed by atoms with van der Waals surface area (Å²) in [7, 11) is 1.62. The average Bonchev–Trinajstić information content (AvgIpc) is 2.66. The van der Waals surface area contributed by atoms with E-state index in [1.165, 1.54) is 0 Å². The molecule has 6 nitrogen and oxygen atoms in total. The van der Waals surface area contributed by atoms with Crippen LogP contribution in [0.15, 0.2) is 30.3 Å². The largest absolute Gasteiger partial charge is 0.496 e. The number of para-hydroxylation sites is 1. The Bertz CT molecular complexity index is 737. The van der Waals surface area contributed by atoms with Gasteiger partial charge in [-0.25, -0.2) is 4.79 Å². The second-order valence-electron chi connectivity index (χ2n) is 8.54. The average molecular weight is 403 g/mol. The van der Waals surface area contributed by atoms with E-state index in [0.29, 0.717) is 19.0 Å². The number of hydrogen-bond donors (Lipinski definition) is 1. The topological polar surface area (TPSA) is 67.9 Å². The molecule has 6 heteroatoms. The number of ether oxygens (including phenoxy) is 2. The van der Waals surface area contributed by atoms with Crippen molar-refractivity contribution in [3.05, 3.63) is 35.9 Å². The highest BCUT2D eigenvalue weighted by molar-refractivity contribution is 5.95. The Morgan fingerprint density at radius 3 is 2.69 bits per heavy atom. The minimum Gasteiger partial charge on any atom is -0.496 e. The minimum atomic E-state index is -0.483. The van der Waals surface area contributed by atoms with Gasteiger partial charge in [0.15, 0.2) is 0 Å². The molecule has 1 N–H and O–H groups in total. The first-order chi connectivity index (χ1) is 13.7. The summed E-state index contributed by atoms with van der Waals surface area (Å²) < 4.78 is 10.8. The van der Waals surface area contributed by atoms with E-state index in [1.54, 1.807) is 18.1 Å². The number of methoxy groups -OCH3 is 1. The molecule has 1 heterocycles. The highest BCUT2D eigenvalue weighted by Gasteiger charge is 2.27. The van der Waals surface area contributed by atoms with Gasteiger partial charge in [0.25, 0.3) is 0 Å². The summed E-state index contributed by atoms with van der Waals surface area (Å²) in [6, 6.07) is 7.64. The first-order valence-corrected chi connectivity index (χ1v) is 10.3. The van der Waals surface area contributed by atoms with Gasteiger partial charge in [-0.2, -0.15) is 0 Å². The van der Waals surface area contributed by atoms with Crippen molar-refractivity contribution in [2.75, 3.05) is 26.7 Å². The second kappa shape index (κ2) is 10.3. The van der Waals surface area contributed by atoms with Crippen LogP contribution in [-0.2, 0) is 9.53 Å². The molecule has 1 aliphatic rings. The van der Waals surface area contributed by atoms with E-state index in [2.05, 4.69) is 5.32 Å². The Morgan fingerprint density at radius 2 is 2.00 bits per heavy atom. The molecule has 0 bridgehead atoms. The molecule has 0 aliphatic carbocycles. The summed E-state index contributed by atoms with van der Waals surface area (Å²) in [4.78, 5) is 26.3. The fourth-order valence-corrected chi connectivity index (χ4v) is 3.49. The van der Waals surface area contributed by atoms with Crippen molar-refractivity contribution in [1.82, 2.24) is 10.2 Å². The quantitative estimate of drug-likeness (QED) is 0.722. The Kier molecular flexibility index (Phi) is 8.11. The number of rotatable bonds is 6. The van der Waals surface area contributed by atoms with Crippen LogP contribution in [0.1, 0.15) is 52.5 Å². The number of likely N-dealkylation sites (tertiary alicyclic amines) is 1. The second-order valence-corrected chi connectivity index (χ2v) is 8.54. The number of benzene rings is 1. The number of amides is 2. The van der Waals surface area contributed by atoms with Crippen LogP contribution < -0.4 is 10.1 Å². The number of allylic oxidation sites excluding steroid dienone is 1. The highest BCUT2D eigenvalue weighted by Crippen LogP contribution is 2.25. The van der Waals surface area contributed by atoms with Gasteiger partial charge < -0.3 is 19.7 Å². The lowest BCUT2D eigenvalue weighted by Crippen LogP contribution is -2.43. The Morgan fingerprint density at radius 1 is 1.28 bits per heavy atom. The van der Waals surface area contributed by atoms with Gasteiger partial charge in [-0.05, 0) is 64.5 Å². The molecule has 1 fully saturated rings. The van der Waals surface area contributed by atoms with Crippen molar-refractivity contribution in [3.63, 3.8) is 0 Å². The van der Waals surface area contributed by atoms with E-state index < -0.39 is 5.60 Å². The number of piperidine rings is 1. The highest BCUT2D eigenvalue weighted by atomic mass is 16.6. The van der Waals surface area contributed by atoms with E-state index in [1.807, 2.05) is 52.0 Å². The molecule has 1 aliphatic heterocycles. The number of carbonyl (C=O) groups excluding carboxylic acids is 2. The standard InChI is InChI=1S/C23H34N2O4/c1-17(19-10-6-7-11-20(19)28-5)15-21(26)24-13-12-18-9-8-14-25(16-18)22(27)29-23(2,3)4/h6-7,10-11,15,18H,8-9,12-14,16H2,1-5H3,(H,24,26)/b17-15+. The van der Waals surface area contributed by atoms with Gasteiger partial charge in [-0.3, -0.25) is 4.79 Å². The summed E-state index contributed by atoms with van der Waals surface area (Å²) in [5.74, 6) is 1.00. The normalized spacial score (nSPS) is 17.6. The smallest absolute Gasteiger partial charge is 0.410 e. The van der Waals surface area contributed by atoms with Gasteiger partial charge in [0.05, 0.1) is 7.11 Å². The third-order valence-electron chi connectivity index (χ3n) is 4.90. The van der Waals surface area contributed by atoms with Crippen LogP contribution in [-0.4, -0.2) is 49.2 Å². The molecule has 0 aromatic heterocycles. The van der Waals surface area contributed by atoms with Crippen molar-refractivity contribution < 1.29 is 19.1 Å². The van der Waals surface area contributed by atoms with Gasteiger partial charge in [-0.15, -0.1) is 0 Å². The lowest BCUT2D eigenvalue weighted by Gasteiger charge is -2.34. The number of hydrogen-bond acceptors (Lipinski definition) is 4. The molecule has 29 heavy (non-hydrogen) atoms. The van der Waals surface area contributed by atoms with Crippen molar-refractivity contribution in [2.45, 2.75) is 52.6 Å². The van der Waals surface area contributed by atoms with E-state index in [-0.39, 0.29) is 12.0 Å². The Balaban J connectivity index is 1.81. The van der Waals surface area contributed by atoms with Crippen molar-refractivity contribution in [2.24, 2.45) is 5.92 Å². The van der Waals surface area contributed by atoms with E-state index in [4.69, 9.17) is 9.47 Å². The molecular weight excluding hydrogens is 368 g/mol. The summed E-state index contributed by atoms with van der Waals surface area (Å²) in [6.07, 6.45) is 4.22. The van der Waals surface area contributed by atoms with E-state index in [0.717, 1.165) is 42.7 Å². The Labute approximate surface area is 174 Å². The van der Waals surface area contributed by atoms with Crippen LogP contribution in [0.25, 0.3) is 5.57 Å². The number of nitrogens with zero attached hydrogens (tertiary/aromatic N) is 1. The molecule has 2 rings (SSSR count). The zero-order valence-corrected chi connectivity index (χ0v) is 18.3. The zero-order chi connectivity index (χ0) is 21.4. The molecular formula is C23H34N2O4. The third-order valence-corrected chi connectivity index (χ3v) is 4.90. The maximum absolute atomic E-state index is 12.3. The summed E-state index contributed by atoms with van der Waals surface area (Å²) >= 11 is 0. The molecule has 1 aromatic carbocycles. The van der Waals surface area contributed by atoms with Crippen molar-refractivity contribution in [3.8, 4) is 5.75 Å². The van der Waals surface area contributed by atoms with E-state index >= 15 is 0 Å². The molecule has 1 atom stereocenters. The molecule has 0 saturated carbocycles. The zero-order valence-electron chi connectivity index (χ0n) is 18.3. The van der Waals surface area contributed by atoms with Crippen molar-refractivity contribution >= 4 is 17.6 Å². The van der Waals surface area contributed by atoms with Gasteiger partial charge in [0.2, 0.25) is 5.91 Å². The van der Waals surface area contributed by atoms with Crippen LogP contribution in [0.2, 0.25) is 0 Å².